The van der Waals surface area contributed by atoms with Crippen molar-refractivity contribution < 1.29 is 13.9 Å². The Balaban J connectivity index is 2.90. The molecule has 0 aliphatic carbocycles. The molecule has 0 radical (unpaired) electrons. The maximum Gasteiger partial charge on any atom is 0.357 e. The van der Waals surface area contributed by atoms with Crippen LogP contribution in [0.1, 0.15) is 17.4 Å². The first kappa shape index (κ1) is 9.44. The lowest BCUT2D eigenvalue weighted by Crippen LogP contribution is -2.08. The smallest absolute Gasteiger partial charge is 0.357 e. The summed E-state index contributed by atoms with van der Waals surface area (Å²) >= 11 is 0. The fraction of sp³-hybridized carbons (Fsp3) is 0.250. The number of halogens is 1. The lowest BCUT2D eigenvalue weighted by atomic mass is 10.3. The fourth-order valence-electron chi connectivity index (χ4n) is 0.758. The molecule has 0 aliphatic rings. The minimum atomic E-state index is -0.668. The van der Waals surface area contributed by atoms with E-state index < -0.39 is 11.8 Å². The molecule has 70 valence electrons. The van der Waals surface area contributed by atoms with Gasteiger partial charge in [0.1, 0.15) is 5.82 Å². The molecule has 1 rings (SSSR count). The molecule has 0 saturated heterocycles. The number of anilines is 1. The van der Waals surface area contributed by atoms with Crippen LogP contribution in [0.5, 0.6) is 0 Å². The fourth-order valence-corrected chi connectivity index (χ4v) is 0.758. The zero-order valence-electron chi connectivity index (χ0n) is 7.08. The van der Waals surface area contributed by atoms with Gasteiger partial charge in [-0.25, -0.2) is 14.2 Å². The van der Waals surface area contributed by atoms with Crippen LogP contribution in [0, 0.1) is 5.82 Å². The molecule has 0 aliphatic heterocycles. The zero-order chi connectivity index (χ0) is 9.84. The molecule has 1 heterocycles. The molecule has 13 heavy (non-hydrogen) atoms. The van der Waals surface area contributed by atoms with Crippen LogP contribution in [0.2, 0.25) is 0 Å². The summed E-state index contributed by atoms with van der Waals surface area (Å²) in [5.41, 5.74) is 5.01. The number of nitrogens with zero attached hydrogens (tertiary/aromatic N) is 1. The molecule has 0 fully saturated rings. The maximum atomic E-state index is 12.8. The van der Waals surface area contributed by atoms with E-state index in [4.69, 9.17) is 5.73 Å². The van der Waals surface area contributed by atoms with Gasteiger partial charge in [0.2, 0.25) is 0 Å². The Bertz CT molecular complexity index is 328. The van der Waals surface area contributed by atoms with Crippen LogP contribution < -0.4 is 5.73 Å². The van der Waals surface area contributed by atoms with Gasteiger partial charge in [0, 0.05) is 6.07 Å². The Morgan fingerprint density at radius 1 is 1.77 bits per heavy atom. The highest BCUT2D eigenvalue weighted by molar-refractivity contribution is 5.87. The number of hydrogen-bond acceptors (Lipinski definition) is 4. The molecule has 0 saturated carbocycles. The first-order valence-corrected chi connectivity index (χ1v) is 3.73. The average Bonchev–Trinajstić information content (AvgIpc) is 2.10. The topological polar surface area (TPSA) is 65.2 Å². The van der Waals surface area contributed by atoms with Crippen molar-refractivity contribution in [3.05, 3.63) is 23.8 Å². The number of hydrogen-bond donors (Lipinski definition) is 1. The van der Waals surface area contributed by atoms with Gasteiger partial charge >= 0.3 is 5.97 Å². The van der Waals surface area contributed by atoms with Crippen molar-refractivity contribution >= 4 is 11.7 Å². The maximum absolute atomic E-state index is 12.8. The highest BCUT2D eigenvalue weighted by Crippen LogP contribution is 2.09. The van der Waals surface area contributed by atoms with Gasteiger partial charge in [0.05, 0.1) is 18.5 Å². The number of carbonyl (C=O) groups excluding carboxylic acids is 1. The summed E-state index contributed by atoms with van der Waals surface area (Å²) < 4.78 is 17.4. The van der Waals surface area contributed by atoms with Crippen molar-refractivity contribution in [1.29, 1.82) is 0 Å². The molecule has 1 aromatic rings. The average molecular weight is 184 g/mol. The number of nitrogen functional groups attached to an aromatic ring is 1. The first-order valence-electron chi connectivity index (χ1n) is 3.73. The third kappa shape index (κ3) is 2.14. The Labute approximate surface area is 74.5 Å². The lowest BCUT2D eigenvalue weighted by Gasteiger charge is -2.01. The van der Waals surface area contributed by atoms with Crippen molar-refractivity contribution in [3.63, 3.8) is 0 Å². The summed E-state index contributed by atoms with van der Waals surface area (Å²) in [5, 5.41) is 0. The van der Waals surface area contributed by atoms with E-state index in [9.17, 15) is 9.18 Å². The number of aromatic nitrogens is 1. The van der Waals surface area contributed by atoms with Crippen LogP contribution in [0.4, 0.5) is 10.1 Å². The van der Waals surface area contributed by atoms with E-state index in [0.29, 0.717) is 0 Å². The van der Waals surface area contributed by atoms with Gasteiger partial charge in [-0.15, -0.1) is 0 Å². The number of esters is 1. The Hall–Kier alpha value is -1.65. The molecule has 0 bridgehead atoms. The van der Waals surface area contributed by atoms with Crippen molar-refractivity contribution in [2.24, 2.45) is 0 Å². The van der Waals surface area contributed by atoms with Crippen LogP contribution >= 0.6 is 0 Å². The minimum absolute atomic E-state index is 0.0754. The van der Waals surface area contributed by atoms with Crippen molar-refractivity contribution in [2.75, 3.05) is 12.3 Å². The van der Waals surface area contributed by atoms with E-state index in [-0.39, 0.29) is 18.0 Å². The molecule has 0 aromatic carbocycles. The Kier molecular flexibility index (Phi) is 2.79. The standard InChI is InChI=1S/C8H9FN2O2/c1-2-13-8(12)7-3-5(9)6(10)4-11-7/h3-4H,2,10H2,1H3. The third-order valence-electron chi connectivity index (χ3n) is 1.37. The van der Waals surface area contributed by atoms with Crippen LogP contribution in [0.15, 0.2) is 12.3 Å². The second-order valence-corrected chi connectivity index (χ2v) is 2.31. The second kappa shape index (κ2) is 3.84. The van der Waals surface area contributed by atoms with Gasteiger partial charge in [-0.05, 0) is 6.92 Å². The Morgan fingerprint density at radius 3 is 3.00 bits per heavy atom. The summed E-state index contributed by atoms with van der Waals surface area (Å²) in [4.78, 5) is 14.6. The number of ether oxygens (including phenoxy) is 1. The Morgan fingerprint density at radius 2 is 2.46 bits per heavy atom. The van der Waals surface area contributed by atoms with Crippen LogP contribution in [0.25, 0.3) is 0 Å². The molecule has 0 spiro atoms. The molecule has 2 N–H and O–H groups in total. The number of pyridine rings is 1. The predicted octanol–water partition coefficient (Wildman–Crippen LogP) is 0.980. The summed E-state index contributed by atoms with van der Waals surface area (Å²) in [6.45, 7) is 1.89. The minimum Gasteiger partial charge on any atom is -0.461 e. The number of rotatable bonds is 2. The largest absolute Gasteiger partial charge is 0.461 e. The number of nitrogens with two attached hydrogens (primary N) is 1. The predicted molar refractivity (Wildman–Crippen MR) is 44.6 cm³/mol. The quantitative estimate of drug-likeness (QED) is 0.696. The molecular formula is C8H9FN2O2. The van der Waals surface area contributed by atoms with E-state index in [2.05, 4.69) is 9.72 Å². The molecule has 0 unspecified atom stereocenters. The van der Waals surface area contributed by atoms with Gasteiger partial charge in [0.15, 0.2) is 5.69 Å². The first-order chi connectivity index (χ1) is 6.15. The van der Waals surface area contributed by atoms with E-state index in [1.165, 1.54) is 0 Å². The van der Waals surface area contributed by atoms with E-state index >= 15 is 0 Å². The molecule has 0 amide bonds. The third-order valence-corrected chi connectivity index (χ3v) is 1.37. The highest BCUT2D eigenvalue weighted by atomic mass is 19.1. The summed E-state index contributed by atoms with van der Waals surface area (Å²) in [6.07, 6.45) is 1.08. The monoisotopic (exact) mass is 184 g/mol. The summed E-state index contributed by atoms with van der Waals surface area (Å²) in [6, 6.07) is 0.952. The molecule has 5 heteroatoms. The van der Waals surface area contributed by atoms with Crippen LogP contribution in [-0.4, -0.2) is 17.6 Å². The van der Waals surface area contributed by atoms with Crippen LogP contribution in [0.3, 0.4) is 0 Å². The normalized spacial score (nSPS) is 9.69. The highest BCUT2D eigenvalue weighted by Gasteiger charge is 2.10. The lowest BCUT2D eigenvalue weighted by molar-refractivity contribution is 0.0519. The molecule has 4 nitrogen and oxygen atoms in total. The SMILES string of the molecule is CCOC(=O)c1cc(F)c(N)cn1. The molecule has 0 atom stereocenters. The van der Waals surface area contributed by atoms with Gasteiger partial charge in [-0.2, -0.15) is 0 Å². The van der Waals surface area contributed by atoms with Crippen LogP contribution in [-0.2, 0) is 4.74 Å². The van der Waals surface area contributed by atoms with Gasteiger partial charge in [-0.1, -0.05) is 0 Å². The molecular weight excluding hydrogens is 175 g/mol. The molecule has 1 aromatic heterocycles. The van der Waals surface area contributed by atoms with E-state index in [0.717, 1.165) is 12.3 Å². The zero-order valence-corrected chi connectivity index (χ0v) is 7.08. The summed E-state index contributed by atoms with van der Waals surface area (Å²) in [5.74, 6) is -1.32. The van der Waals surface area contributed by atoms with E-state index in [1.807, 2.05) is 0 Å². The summed E-state index contributed by atoms with van der Waals surface area (Å²) in [7, 11) is 0. The number of carbonyl (C=O) groups is 1. The van der Waals surface area contributed by atoms with Crippen molar-refractivity contribution in [1.82, 2.24) is 4.98 Å². The van der Waals surface area contributed by atoms with Crippen molar-refractivity contribution in [3.8, 4) is 0 Å². The van der Waals surface area contributed by atoms with Gasteiger partial charge < -0.3 is 10.5 Å². The van der Waals surface area contributed by atoms with E-state index in [1.54, 1.807) is 6.92 Å². The van der Waals surface area contributed by atoms with Crippen molar-refractivity contribution in [2.45, 2.75) is 6.92 Å². The van der Waals surface area contributed by atoms with Gasteiger partial charge in [0.25, 0.3) is 0 Å². The van der Waals surface area contributed by atoms with Gasteiger partial charge in [-0.3, -0.25) is 0 Å². The second-order valence-electron chi connectivity index (χ2n) is 2.31.